The number of hydrogen-bond acceptors (Lipinski definition) is 4. The second-order valence-corrected chi connectivity index (χ2v) is 4.74. The summed E-state index contributed by atoms with van der Waals surface area (Å²) in [4.78, 5) is 11.4. The van der Waals surface area contributed by atoms with Crippen LogP contribution in [-0.4, -0.2) is 28.9 Å². The summed E-state index contributed by atoms with van der Waals surface area (Å²) in [5.41, 5.74) is -0.736. The molecule has 0 aliphatic carbocycles. The lowest BCUT2D eigenvalue weighted by molar-refractivity contribution is 0.0636. The summed E-state index contributed by atoms with van der Waals surface area (Å²) in [6, 6.07) is 3.51. The van der Waals surface area contributed by atoms with Gasteiger partial charge in [-0.1, -0.05) is 6.07 Å². The van der Waals surface area contributed by atoms with Crippen molar-refractivity contribution in [1.82, 2.24) is 0 Å². The largest absolute Gasteiger partial charge is 0.491 e. The van der Waals surface area contributed by atoms with Crippen molar-refractivity contribution in [2.75, 3.05) is 5.32 Å². The fourth-order valence-corrected chi connectivity index (χ4v) is 1.24. The molecule has 3 N–H and O–H groups in total. The van der Waals surface area contributed by atoms with E-state index in [4.69, 9.17) is 14.8 Å². The fraction of sp³-hybridized carbons (Fsp3) is 0.364. The maximum absolute atomic E-state index is 13.4. The lowest BCUT2D eigenvalue weighted by Crippen LogP contribution is -2.33. The first kappa shape index (κ1) is 14.5. The number of anilines is 1. The second-order valence-electron chi connectivity index (χ2n) is 4.74. The van der Waals surface area contributed by atoms with Crippen LogP contribution in [0.2, 0.25) is 0 Å². The van der Waals surface area contributed by atoms with Crippen molar-refractivity contribution < 1.29 is 24.0 Å². The topological polar surface area (TPSA) is 78.8 Å². The van der Waals surface area contributed by atoms with Gasteiger partial charge in [-0.3, -0.25) is 5.32 Å². The third-order valence-electron chi connectivity index (χ3n) is 1.92. The average Bonchev–Trinajstić information content (AvgIpc) is 2.13. The Balaban J connectivity index is 2.75. The monoisotopic (exact) mass is 255 g/mol. The van der Waals surface area contributed by atoms with E-state index >= 15 is 0 Å². The number of benzene rings is 1. The van der Waals surface area contributed by atoms with Crippen molar-refractivity contribution in [2.24, 2.45) is 0 Å². The van der Waals surface area contributed by atoms with Crippen LogP contribution in [0.1, 0.15) is 20.8 Å². The highest BCUT2D eigenvalue weighted by Gasteiger charge is 2.19. The summed E-state index contributed by atoms with van der Waals surface area (Å²) in [6.07, 6.45) is -0.709. The third-order valence-corrected chi connectivity index (χ3v) is 1.92. The highest BCUT2D eigenvalue weighted by atomic mass is 19.1. The highest BCUT2D eigenvalue weighted by Crippen LogP contribution is 2.12. The lowest BCUT2D eigenvalue weighted by atomic mass is 9.80. The number of carbonyl (C=O) groups is 1. The minimum atomic E-state index is -1.89. The van der Waals surface area contributed by atoms with E-state index in [-0.39, 0.29) is 11.2 Å². The van der Waals surface area contributed by atoms with Gasteiger partial charge in [-0.05, 0) is 32.9 Å². The predicted octanol–water partition coefficient (Wildman–Crippen LogP) is 0.852. The molecule has 0 aliphatic heterocycles. The fourth-order valence-electron chi connectivity index (χ4n) is 1.24. The number of halogens is 1. The molecule has 1 rings (SSSR count). The van der Waals surface area contributed by atoms with Crippen LogP contribution in [0.25, 0.3) is 0 Å². The Morgan fingerprint density at radius 3 is 2.44 bits per heavy atom. The first-order chi connectivity index (χ1) is 8.19. The number of ether oxygens (including phenoxy) is 1. The molecule has 0 bridgehead atoms. The minimum Gasteiger partial charge on any atom is -0.444 e. The molecule has 5 nitrogen and oxygen atoms in total. The Kier molecular flexibility index (Phi) is 4.31. The summed E-state index contributed by atoms with van der Waals surface area (Å²) in [7, 11) is -1.89. The molecule has 18 heavy (non-hydrogen) atoms. The van der Waals surface area contributed by atoms with Crippen molar-refractivity contribution >= 4 is 24.4 Å². The van der Waals surface area contributed by atoms with Gasteiger partial charge >= 0.3 is 13.2 Å². The van der Waals surface area contributed by atoms with E-state index < -0.39 is 24.6 Å². The molecule has 0 aliphatic rings. The second kappa shape index (κ2) is 5.37. The van der Waals surface area contributed by atoms with E-state index in [0.717, 1.165) is 6.07 Å². The van der Waals surface area contributed by atoms with Gasteiger partial charge in [0.1, 0.15) is 11.4 Å². The Hall–Kier alpha value is -1.60. The smallest absolute Gasteiger partial charge is 0.444 e. The van der Waals surface area contributed by atoms with E-state index in [1.54, 1.807) is 20.8 Å². The normalized spacial score (nSPS) is 11.0. The molecule has 1 aromatic carbocycles. The molecule has 0 heterocycles. The number of nitrogens with one attached hydrogen (secondary N) is 1. The van der Waals surface area contributed by atoms with Crippen LogP contribution in [0.5, 0.6) is 0 Å². The SMILES string of the molecule is CC(C)(C)OC(=O)Nc1ccc(B(O)O)c(F)c1. The molecule has 0 unspecified atom stereocenters. The maximum atomic E-state index is 13.4. The number of rotatable bonds is 2. The van der Waals surface area contributed by atoms with E-state index in [2.05, 4.69) is 5.32 Å². The zero-order chi connectivity index (χ0) is 13.9. The zero-order valence-corrected chi connectivity index (χ0v) is 10.4. The molecule has 7 heteroatoms. The Bertz CT molecular complexity index is 445. The highest BCUT2D eigenvalue weighted by molar-refractivity contribution is 6.58. The van der Waals surface area contributed by atoms with E-state index in [0.29, 0.717) is 0 Å². The molecule has 0 atom stereocenters. The van der Waals surface area contributed by atoms with Crippen molar-refractivity contribution in [2.45, 2.75) is 26.4 Å². The molecule has 0 saturated heterocycles. The van der Waals surface area contributed by atoms with Crippen molar-refractivity contribution in [3.05, 3.63) is 24.0 Å². The summed E-state index contributed by atoms with van der Waals surface area (Å²) in [5, 5.41) is 20.0. The maximum Gasteiger partial charge on any atom is 0.491 e. The standard InChI is InChI=1S/C11H15BFNO4/c1-11(2,3)18-10(15)14-7-4-5-8(12(16)17)9(13)6-7/h4-6,16-17H,1-3H3,(H,14,15). The third kappa shape index (κ3) is 4.35. The van der Waals surface area contributed by atoms with Crippen molar-refractivity contribution in [3.63, 3.8) is 0 Å². The van der Waals surface area contributed by atoms with Crippen molar-refractivity contribution in [3.8, 4) is 0 Å². The zero-order valence-electron chi connectivity index (χ0n) is 10.4. The molecular weight excluding hydrogens is 240 g/mol. The van der Waals surface area contributed by atoms with Gasteiger partial charge < -0.3 is 14.8 Å². The molecule has 0 radical (unpaired) electrons. The number of hydrogen-bond donors (Lipinski definition) is 3. The van der Waals surface area contributed by atoms with Gasteiger partial charge in [0.15, 0.2) is 0 Å². The molecule has 0 fully saturated rings. The molecule has 0 aromatic heterocycles. The van der Waals surface area contributed by atoms with Crippen molar-refractivity contribution in [1.29, 1.82) is 0 Å². The molecule has 0 spiro atoms. The van der Waals surface area contributed by atoms with Gasteiger partial charge in [-0.2, -0.15) is 0 Å². The van der Waals surface area contributed by atoms with Gasteiger partial charge in [0.05, 0.1) is 0 Å². The summed E-state index contributed by atoms with van der Waals surface area (Å²) < 4.78 is 18.4. The molecule has 0 saturated carbocycles. The molecular formula is C11H15BFNO4. The quantitative estimate of drug-likeness (QED) is 0.684. The van der Waals surface area contributed by atoms with Gasteiger partial charge in [0.2, 0.25) is 0 Å². The van der Waals surface area contributed by atoms with E-state index in [9.17, 15) is 9.18 Å². The Morgan fingerprint density at radius 1 is 1.39 bits per heavy atom. The summed E-state index contributed by atoms with van der Waals surface area (Å²) in [5.74, 6) is -0.821. The molecule has 1 aromatic rings. The van der Waals surface area contributed by atoms with Crippen LogP contribution in [-0.2, 0) is 4.74 Å². The van der Waals surface area contributed by atoms with Gasteiger partial charge in [0, 0.05) is 11.2 Å². The van der Waals surface area contributed by atoms with Crippen LogP contribution >= 0.6 is 0 Å². The summed E-state index contributed by atoms with van der Waals surface area (Å²) >= 11 is 0. The number of amides is 1. The van der Waals surface area contributed by atoms with Gasteiger partial charge in [-0.15, -0.1) is 0 Å². The van der Waals surface area contributed by atoms with E-state index in [1.165, 1.54) is 12.1 Å². The predicted molar refractivity (Wildman–Crippen MR) is 66.1 cm³/mol. The summed E-state index contributed by atoms with van der Waals surface area (Å²) in [6.45, 7) is 5.12. The first-order valence-corrected chi connectivity index (χ1v) is 5.34. The number of carbonyl (C=O) groups excluding carboxylic acids is 1. The molecule has 98 valence electrons. The first-order valence-electron chi connectivity index (χ1n) is 5.34. The van der Waals surface area contributed by atoms with E-state index in [1.807, 2.05) is 0 Å². The Morgan fingerprint density at radius 2 is 2.00 bits per heavy atom. The molecule has 1 amide bonds. The van der Waals surface area contributed by atoms with Crippen LogP contribution in [0.4, 0.5) is 14.9 Å². The minimum absolute atomic E-state index is 0.172. The van der Waals surface area contributed by atoms with Crippen LogP contribution in [0, 0.1) is 5.82 Å². The van der Waals surface area contributed by atoms with Crippen LogP contribution in [0.3, 0.4) is 0 Å². The van der Waals surface area contributed by atoms with Gasteiger partial charge in [0.25, 0.3) is 0 Å². The Labute approximate surface area is 105 Å². The van der Waals surface area contributed by atoms with Gasteiger partial charge in [-0.25, -0.2) is 9.18 Å². The lowest BCUT2D eigenvalue weighted by Gasteiger charge is -2.19. The van der Waals surface area contributed by atoms with Crippen LogP contribution < -0.4 is 10.8 Å². The van der Waals surface area contributed by atoms with Crippen LogP contribution in [0.15, 0.2) is 18.2 Å². The average molecular weight is 255 g/mol.